The quantitative estimate of drug-likeness (QED) is 0.591. The first-order valence-electron chi connectivity index (χ1n) is 7.80. The largest absolute Gasteiger partial charge is 0.342 e. The maximum absolute atomic E-state index is 12.7. The summed E-state index contributed by atoms with van der Waals surface area (Å²) >= 11 is 0. The fourth-order valence-corrected chi connectivity index (χ4v) is 4.43. The van der Waals surface area contributed by atoms with Crippen molar-refractivity contribution in [2.45, 2.75) is 44.0 Å². The van der Waals surface area contributed by atoms with Crippen LogP contribution in [0.3, 0.4) is 0 Å². The Kier molecular flexibility index (Phi) is 5.39. The maximum Gasteiger partial charge on any atom is 0.342 e. The van der Waals surface area contributed by atoms with Gasteiger partial charge in [-0.25, -0.2) is 0 Å². The average molecular weight is 338 g/mol. The maximum atomic E-state index is 12.7. The lowest BCUT2D eigenvalue weighted by atomic mass is 9.98. The monoisotopic (exact) mass is 338 g/mol. The first-order valence-corrected chi connectivity index (χ1v) is 9.20. The van der Waals surface area contributed by atoms with E-state index < -0.39 is 16.2 Å². The molecule has 0 N–H and O–H groups in total. The zero-order valence-electron chi connectivity index (χ0n) is 13.7. The van der Waals surface area contributed by atoms with Crippen LogP contribution in [0.4, 0.5) is 0 Å². The van der Waals surface area contributed by atoms with E-state index in [1.54, 1.807) is 18.2 Å². The Bertz CT molecular complexity index is 684. The molecule has 1 fully saturated rings. The predicted molar refractivity (Wildman–Crippen MR) is 87.8 cm³/mol. The SMILES string of the molecule is C=C(C)C[N+]1(OS(=O)(=O)c2ccccc2)CCCCC1C(C)=O. The molecular formula is C17H24NO4S+. The van der Waals surface area contributed by atoms with E-state index in [2.05, 4.69) is 6.58 Å². The number of carbonyl (C=O) groups is 1. The first-order chi connectivity index (χ1) is 10.8. The van der Waals surface area contributed by atoms with Crippen LogP contribution < -0.4 is 0 Å². The fourth-order valence-electron chi connectivity index (χ4n) is 3.23. The third-order valence-electron chi connectivity index (χ3n) is 4.12. The Hall–Kier alpha value is -1.50. The minimum atomic E-state index is -3.95. The molecule has 1 aromatic rings. The molecule has 1 aromatic carbocycles. The zero-order chi connectivity index (χ0) is 17.1. The number of nitrogens with zero attached hydrogens (tertiary/aromatic N) is 1. The minimum Gasteiger partial charge on any atom is -0.293 e. The van der Waals surface area contributed by atoms with Crippen molar-refractivity contribution in [3.8, 4) is 0 Å². The van der Waals surface area contributed by atoms with Crippen molar-refractivity contribution in [2.24, 2.45) is 0 Å². The molecule has 1 aliphatic rings. The summed E-state index contributed by atoms with van der Waals surface area (Å²) in [6.07, 6.45) is 2.35. The normalized spacial score (nSPS) is 25.0. The Morgan fingerprint density at radius 2 is 1.91 bits per heavy atom. The number of benzene rings is 1. The highest BCUT2D eigenvalue weighted by atomic mass is 32.2. The summed E-state index contributed by atoms with van der Waals surface area (Å²) in [5.41, 5.74) is 0.793. The smallest absolute Gasteiger partial charge is 0.293 e. The van der Waals surface area contributed by atoms with E-state index in [4.69, 9.17) is 4.28 Å². The summed E-state index contributed by atoms with van der Waals surface area (Å²) in [7, 11) is -3.95. The van der Waals surface area contributed by atoms with Crippen LogP contribution in [0.1, 0.15) is 33.1 Å². The summed E-state index contributed by atoms with van der Waals surface area (Å²) in [5.74, 6) is -0.0470. The molecule has 23 heavy (non-hydrogen) atoms. The van der Waals surface area contributed by atoms with E-state index in [0.717, 1.165) is 18.4 Å². The number of quaternary nitrogens is 1. The Morgan fingerprint density at radius 1 is 1.26 bits per heavy atom. The lowest BCUT2D eigenvalue weighted by Gasteiger charge is -2.42. The van der Waals surface area contributed by atoms with Crippen LogP contribution in [0.25, 0.3) is 0 Å². The van der Waals surface area contributed by atoms with E-state index in [1.165, 1.54) is 19.1 Å². The molecule has 0 bridgehead atoms. The van der Waals surface area contributed by atoms with Crippen LogP contribution in [0.15, 0.2) is 47.4 Å². The van der Waals surface area contributed by atoms with Crippen molar-refractivity contribution in [1.82, 2.24) is 0 Å². The van der Waals surface area contributed by atoms with Gasteiger partial charge in [0.05, 0.1) is 4.90 Å². The fraction of sp³-hybridized carbons (Fsp3) is 0.471. The van der Waals surface area contributed by atoms with Crippen molar-refractivity contribution in [3.05, 3.63) is 42.5 Å². The zero-order valence-corrected chi connectivity index (χ0v) is 14.5. The molecule has 1 aliphatic heterocycles. The number of Topliss-reactive ketones (excluding diaryl/α,β-unsaturated/α-hetero) is 1. The van der Waals surface area contributed by atoms with E-state index in [1.807, 2.05) is 6.92 Å². The molecule has 0 radical (unpaired) electrons. The number of ketones is 1. The molecule has 0 aromatic heterocycles. The van der Waals surface area contributed by atoms with Crippen LogP contribution in [0, 0.1) is 0 Å². The van der Waals surface area contributed by atoms with Gasteiger partial charge in [0, 0.05) is 13.3 Å². The molecule has 0 amide bonds. The number of hydroxylamine groups is 3. The molecule has 6 heteroatoms. The number of rotatable bonds is 6. The summed E-state index contributed by atoms with van der Waals surface area (Å²) in [4.78, 5) is 12.2. The van der Waals surface area contributed by atoms with E-state index in [-0.39, 0.29) is 15.3 Å². The Labute approximate surface area is 138 Å². The molecule has 0 aliphatic carbocycles. The second-order valence-corrected chi connectivity index (χ2v) is 7.78. The average Bonchev–Trinajstić information content (AvgIpc) is 2.47. The molecule has 1 saturated heterocycles. The summed E-state index contributed by atoms with van der Waals surface area (Å²) in [5, 5.41) is 0. The van der Waals surface area contributed by atoms with Gasteiger partial charge in [-0.3, -0.25) is 4.79 Å². The van der Waals surface area contributed by atoms with Gasteiger partial charge in [-0.1, -0.05) is 29.1 Å². The summed E-state index contributed by atoms with van der Waals surface area (Å²) in [6, 6.07) is 7.57. The van der Waals surface area contributed by atoms with Gasteiger partial charge in [-0.05, 0) is 37.5 Å². The van der Waals surface area contributed by atoms with Gasteiger partial charge >= 0.3 is 10.1 Å². The van der Waals surface area contributed by atoms with Crippen LogP contribution in [-0.4, -0.2) is 38.0 Å². The van der Waals surface area contributed by atoms with Crippen LogP contribution >= 0.6 is 0 Å². The summed E-state index contributed by atoms with van der Waals surface area (Å²) in [6.45, 7) is 8.02. The Morgan fingerprint density at radius 3 is 2.48 bits per heavy atom. The molecule has 0 spiro atoms. The van der Waals surface area contributed by atoms with Gasteiger partial charge in [0.25, 0.3) is 0 Å². The molecule has 1 heterocycles. The lowest BCUT2D eigenvalue weighted by molar-refractivity contribution is -1.09. The van der Waals surface area contributed by atoms with Crippen molar-refractivity contribution in [3.63, 3.8) is 0 Å². The van der Waals surface area contributed by atoms with Crippen LogP contribution in [0.2, 0.25) is 0 Å². The van der Waals surface area contributed by atoms with Crippen molar-refractivity contribution in [1.29, 1.82) is 0 Å². The molecule has 2 atom stereocenters. The number of likely N-dealkylation sites (tertiary alicyclic amines) is 1. The number of carbonyl (C=O) groups excluding carboxylic acids is 1. The molecule has 0 saturated carbocycles. The van der Waals surface area contributed by atoms with Crippen molar-refractivity contribution in [2.75, 3.05) is 13.1 Å². The molecular weight excluding hydrogens is 314 g/mol. The van der Waals surface area contributed by atoms with Gasteiger partial charge < -0.3 is 0 Å². The topological polar surface area (TPSA) is 60.4 Å². The highest BCUT2D eigenvalue weighted by molar-refractivity contribution is 7.86. The third-order valence-corrected chi connectivity index (χ3v) is 5.46. The highest BCUT2D eigenvalue weighted by Gasteiger charge is 2.48. The molecule has 5 nitrogen and oxygen atoms in total. The van der Waals surface area contributed by atoms with Crippen LogP contribution in [0.5, 0.6) is 0 Å². The van der Waals surface area contributed by atoms with Crippen molar-refractivity contribution >= 4 is 15.9 Å². The molecule has 126 valence electrons. The lowest BCUT2D eigenvalue weighted by Crippen LogP contribution is -2.61. The molecule has 2 unspecified atom stereocenters. The number of hydrogen-bond donors (Lipinski definition) is 0. The van der Waals surface area contributed by atoms with Gasteiger partial charge in [0.2, 0.25) is 0 Å². The highest BCUT2D eigenvalue weighted by Crippen LogP contribution is 2.31. The third kappa shape index (κ3) is 4.07. The van der Waals surface area contributed by atoms with Gasteiger partial charge in [0.15, 0.2) is 11.8 Å². The van der Waals surface area contributed by atoms with Crippen LogP contribution in [-0.2, 0) is 19.2 Å². The second kappa shape index (κ2) is 6.95. The second-order valence-electron chi connectivity index (χ2n) is 6.26. The van der Waals surface area contributed by atoms with Gasteiger partial charge in [-0.15, -0.1) is 4.65 Å². The Balaban J connectivity index is 2.42. The first kappa shape index (κ1) is 17.8. The number of hydrogen-bond acceptors (Lipinski definition) is 4. The standard InChI is InChI=1S/C17H24NO4S/c1-14(2)13-18(12-8-7-11-17(18)15(3)19)22-23(20,21)16-9-5-4-6-10-16/h4-6,9-10,17H,1,7-8,11-13H2,2-3H3/q+1. The molecule has 2 rings (SSSR count). The van der Waals surface area contributed by atoms with E-state index >= 15 is 0 Å². The number of piperidine rings is 1. The van der Waals surface area contributed by atoms with Gasteiger partial charge in [-0.2, -0.15) is 8.42 Å². The summed E-state index contributed by atoms with van der Waals surface area (Å²) < 4.78 is 30.8. The van der Waals surface area contributed by atoms with Crippen molar-refractivity contribution < 1.29 is 22.1 Å². The van der Waals surface area contributed by atoms with Gasteiger partial charge in [0.1, 0.15) is 13.1 Å². The predicted octanol–water partition coefficient (Wildman–Crippen LogP) is 2.84. The minimum absolute atomic E-state index is 0.0470. The van der Waals surface area contributed by atoms with E-state index in [0.29, 0.717) is 19.5 Å². The van der Waals surface area contributed by atoms with E-state index in [9.17, 15) is 13.2 Å².